The summed E-state index contributed by atoms with van der Waals surface area (Å²) in [6, 6.07) is 67.5. The molecule has 1 aliphatic rings. The lowest BCUT2D eigenvalue weighted by molar-refractivity contribution is 1.05. The van der Waals surface area contributed by atoms with Gasteiger partial charge in [-0.3, -0.25) is 9.55 Å². The van der Waals surface area contributed by atoms with Gasteiger partial charge in [0.05, 0.1) is 39.7 Å². The second-order valence-corrected chi connectivity index (χ2v) is 14.6. The van der Waals surface area contributed by atoms with Crippen molar-refractivity contribution in [2.45, 2.75) is 0 Å². The van der Waals surface area contributed by atoms with Crippen LogP contribution in [0.4, 0.5) is 0 Å². The van der Waals surface area contributed by atoms with Crippen LogP contribution in [0.15, 0.2) is 194 Å². The maximum absolute atomic E-state index is 5.59. The third kappa shape index (κ3) is 4.47. The molecule has 0 N–H and O–H groups in total. The molecule has 260 valence electrons. The Hall–Kier alpha value is -7.56. The average Bonchev–Trinajstić information content (AvgIpc) is 3.77. The van der Waals surface area contributed by atoms with Crippen molar-refractivity contribution in [2.75, 3.05) is 0 Å². The van der Waals surface area contributed by atoms with Gasteiger partial charge in [0.2, 0.25) is 0 Å². The SMILES string of the molecule is c1ccc(-c2ccc(-n3c4ccccc4c4cc5c(cc43)c3ccccc3n5-c3cnc4c(n3)-c3ccccc3-c3ccccc3-c3ccccc3-4)cc2)cc1. The molecule has 0 amide bonds. The monoisotopic (exact) mass is 712 g/mol. The average molecular weight is 713 g/mol. The minimum Gasteiger partial charge on any atom is -0.309 e. The summed E-state index contributed by atoms with van der Waals surface area (Å²) in [6.45, 7) is 0. The lowest BCUT2D eigenvalue weighted by Gasteiger charge is -2.22. The minimum absolute atomic E-state index is 0.788. The van der Waals surface area contributed by atoms with Gasteiger partial charge in [-0.15, -0.1) is 0 Å². The normalized spacial score (nSPS) is 11.9. The molecule has 0 radical (unpaired) electrons. The maximum atomic E-state index is 5.59. The van der Waals surface area contributed by atoms with Crippen LogP contribution in [0, 0.1) is 0 Å². The van der Waals surface area contributed by atoms with Gasteiger partial charge in [0.15, 0.2) is 5.82 Å². The zero-order valence-corrected chi connectivity index (χ0v) is 30.3. The first-order chi connectivity index (χ1) is 27.8. The maximum Gasteiger partial charge on any atom is 0.156 e. The molecule has 12 rings (SSSR count). The fraction of sp³-hybridized carbons (Fsp3) is 0. The van der Waals surface area contributed by atoms with Crippen LogP contribution in [0.3, 0.4) is 0 Å². The number of rotatable bonds is 3. The molecule has 0 saturated heterocycles. The van der Waals surface area contributed by atoms with Crippen LogP contribution < -0.4 is 0 Å². The molecule has 1 aliphatic carbocycles. The van der Waals surface area contributed by atoms with E-state index in [-0.39, 0.29) is 0 Å². The Morgan fingerprint density at radius 2 is 0.768 bits per heavy atom. The molecular formula is C52H32N4. The summed E-state index contributed by atoms with van der Waals surface area (Å²) in [7, 11) is 0. The van der Waals surface area contributed by atoms with E-state index in [0.717, 1.165) is 56.2 Å². The highest BCUT2D eigenvalue weighted by molar-refractivity contribution is 6.19. The van der Waals surface area contributed by atoms with Crippen LogP contribution in [0.2, 0.25) is 0 Å². The predicted molar refractivity (Wildman–Crippen MR) is 231 cm³/mol. The van der Waals surface area contributed by atoms with E-state index in [2.05, 4.69) is 197 Å². The molecular weight excluding hydrogens is 681 g/mol. The Labute approximate surface area is 323 Å². The van der Waals surface area contributed by atoms with E-state index in [1.54, 1.807) is 0 Å². The highest BCUT2D eigenvalue weighted by Gasteiger charge is 2.25. The molecule has 56 heavy (non-hydrogen) atoms. The van der Waals surface area contributed by atoms with Gasteiger partial charge >= 0.3 is 0 Å². The van der Waals surface area contributed by atoms with Gasteiger partial charge in [-0.05, 0) is 69.8 Å². The van der Waals surface area contributed by atoms with Gasteiger partial charge in [-0.25, -0.2) is 4.98 Å². The summed E-state index contributed by atoms with van der Waals surface area (Å²) in [5.74, 6) is 0.788. The lowest BCUT2D eigenvalue weighted by Crippen LogP contribution is -2.05. The van der Waals surface area contributed by atoms with Crippen molar-refractivity contribution in [3.63, 3.8) is 0 Å². The molecule has 8 aromatic carbocycles. The van der Waals surface area contributed by atoms with Gasteiger partial charge in [-0.2, -0.15) is 0 Å². The first kappa shape index (κ1) is 30.9. The predicted octanol–water partition coefficient (Wildman–Crippen LogP) is 13.3. The molecule has 0 fully saturated rings. The smallest absolute Gasteiger partial charge is 0.156 e. The van der Waals surface area contributed by atoms with E-state index in [4.69, 9.17) is 9.97 Å². The van der Waals surface area contributed by atoms with Crippen LogP contribution in [0.1, 0.15) is 0 Å². The number of aromatic nitrogens is 4. The summed E-state index contributed by atoms with van der Waals surface area (Å²) >= 11 is 0. The minimum atomic E-state index is 0.788. The first-order valence-corrected chi connectivity index (χ1v) is 19.1. The topological polar surface area (TPSA) is 35.6 Å². The zero-order chi connectivity index (χ0) is 36.7. The summed E-state index contributed by atoms with van der Waals surface area (Å²) in [5.41, 5.74) is 16.7. The molecule has 4 heteroatoms. The van der Waals surface area contributed by atoms with Crippen molar-refractivity contribution in [1.29, 1.82) is 0 Å². The molecule has 0 aliphatic heterocycles. The van der Waals surface area contributed by atoms with Crippen LogP contribution in [-0.2, 0) is 0 Å². The van der Waals surface area contributed by atoms with E-state index in [1.165, 1.54) is 54.8 Å². The molecule has 3 heterocycles. The van der Waals surface area contributed by atoms with Crippen LogP contribution >= 0.6 is 0 Å². The van der Waals surface area contributed by atoms with E-state index in [9.17, 15) is 0 Å². The molecule has 0 bridgehead atoms. The third-order valence-electron chi connectivity index (χ3n) is 11.6. The highest BCUT2D eigenvalue weighted by Crippen LogP contribution is 2.47. The number of hydrogen-bond donors (Lipinski definition) is 0. The molecule has 0 unspecified atom stereocenters. The van der Waals surface area contributed by atoms with Crippen molar-refractivity contribution in [2.24, 2.45) is 0 Å². The first-order valence-electron chi connectivity index (χ1n) is 19.1. The Balaban J connectivity index is 1.12. The molecule has 0 atom stereocenters. The molecule has 3 aromatic heterocycles. The van der Waals surface area contributed by atoms with E-state index in [0.29, 0.717) is 0 Å². The lowest BCUT2D eigenvalue weighted by atomic mass is 9.84. The Morgan fingerprint density at radius 1 is 0.321 bits per heavy atom. The van der Waals surface area contributed by atoms with Gasteiger partial charge in [-0.1, -0.05) is 152 Å². The second-order valence-electron chi connectivity index (χ2n) is 14.6. The van der Waals surface area contributed by atoms with E-state index in [1.807, 2.05) is 6.20 Å². The van der Waals surface area contributed by atoms with Gasteiger partial charge in [0.1, 0.15) is 0 Å². The Kier molecular flexibility index (Phi) is 6.60. The third-order valence-corrected chi connectivity index (χ3v) is 11.6. The number of nitrogens with zero attached hydrogens (tertiary/aromatic N) is 4. The van der Waals surface area contributed by atoms with Gasteiger partial charge in [0.25, 0.3) is 0 Å². The van der Waals surface area contributed by atoms with Crippen molar-refractivity contribution >= 4 is 43.6 Å². The number of fused-ring (bicyclic) bond motifs is 14. The number of hydrogen-bond acceptors (Lipinski definition) is 2. The molecule has 4 nitrogen and oxygen atoms in total. The molecule has 0 saturated carbocycles. The summed E-state index contributed by atoms with van der Waals surface area (Å²) in [4.78, 5) is 10.9. The fourth-order valence-corrected chi connectivity index (χ4v) is 9.06. The summed E-state index contributed by atoms with van der Waals surface area (Å²) in [5, 5.41) is 4.75. The van der Waals surface area contributed by atoms with E-state index < -0.39 is 0 Å². The summed E-state index contributed by atoms with van der Waals surface area (Å²) < 4.78 is 4.71. The van der Waals surface area contributed by atoms with Gasteiger partial charge < -0.3 is 4.57 Å². The Bertz CT molecular complexity index is 3350. The molecule has 11 aromatic rings. The van der Waals surface area contributed by atoms with Crippen molar-refractivity contribution in [3.05, 3.63) is 194 Å². The van der Waals surface area contributed by atoms with Crippen molar-refractivity contribution < 1.29 is 0 Å². The van der Waals surface area contributed by atoms with Crippen LogP contribution in [0.5, 0.6) is 0 Å². The largest absolute Gasteiger partial charge is 0.309 e. The fourth-order valence-electron chi connectivity index (χ4n) is 9.06. The quantitative estimate of drug-likeness (QED) is 0.183. The Morgan fingerprint density at radius 3 is 1.38 bits per heavy atom. The second kappa shape index (κ2) is 12.0. The van der Waals surface area contributed by atoms with Gasteiger partial charge in [0, 0.05) is 38.4 Å². The standard InChI is InChI=1S/C52H32N4/c1-2-14-33(15-3-1)34-26-28-35(29-27-34)55-46-24-12-10-20-40(46)44-31-49-45(30-48(44)55)41-21-11-13-25-47(41)56(49)50-32-53-51-42-22-8-6-18-38(42)36-16-4-5-17-37(36)39-19-7-9-23-43(39)52(51)54-50/h1-32H. The highest BCUT2D eigenvalue weighted by atomic mass is 15.1. The van der Waals surface area contributed by atoms with Crippen molar-refractivity contribution in [1.82, 2.24) is 19.1 Å². The summed E-state index contributed by atoms with van der Waals surface area (Å²) in [6.07, 6.45) is 1.96. The zero-order valence-electron chi connectivity index (χ0n) is 30.3. The van der Waals surface area contributed by atoms with Crippen LogP contribution in [-0.4, -0.2) is 19.1 Å². The number of para-hydroxylation sites is 2. The van der Waals surface area contributed by atoms with Crippen molar-refractivity contribution in [3.8, 4) is 67.4 Å². The van der Waals surface area contributed by atoms with Crippen LogP contribution in [0.25, 0.3) is 111 Å². The van der Waals surface area contributed by atoms with E-state index >= 15 is 0 Å². The number of benzene rings is 8. The molecule has 0 spiro atoms.